The van der Waals surface area contributed by atoms with Gasteiger partial charge in [-0.1, -0.05) is 24.3 Å². The molecule has 0 radical (unpaired) electrons. The van der Waals surface area contributed by atoms with Crippen LogP contribution in [-0.2, 0) is 22.4 Å². The number of rotatable bonds is 1. The summed E-state index contributed by atoms with van der Waals surface area (Å²) in [6, 6.07) is 7.98. The summed E-state index contributed by atoms with van der Waals surface area (Å²) >= 11 is 0. The van der Waals surface area contributed by atoms with Crippen molar-refractivity contribution in [2.24, 2.45) is 5.73 Å². The van der Waals surface area contributed by atoms with Crippen molar-refractivity contribution in [1.29, 1.82) is 0 Å². The van der Waals surface area contributed by atoms with Gasteiger partial charge >= 0.3 is 5.97 Å². The lowest BCUT2D eigenvalue weighted by molar-refractivity contribution is -0.155. The van der Waals surface area contributed by atoms with Crippen LogP contribution in [0.1, 0.15) is 18.1 Å². The number of nitrogens with two attached hydrogens (primary N) is 1. The molecule has 74 valence electrons. The molecular weight excluding hydrogens is 178 g/mol. The van der Waals surface area contributed by atoms with E-state index in [1.807, 2.05) is 24.3 Å². The number of fused-ring (bicyclic) bond motifs is 1. The first-order chi connectivity index (χ1) is 6.59. The summed E-state index contributed by atoms with van der Waals surface area (Å²) in [5, 5.41) is 0. The van der Waals surface area contributed by atoms with Gasteiger partial charge in [0.25, 0.3) is 0 Å². The molecule has 1 aliphatic carbocycles. The number of benzene rings is 1. The predicted octanol–water partition coefficient (Wildman–Crippen LogP) is 1.00. The Labute approximate surface area is 82.9 Å². The van der Waals surface area contributed by atoms with E-state index < -0.39 is 5.72 Å². The number of ether oxygens (including phenoxy) is 1. The molecular formula is C11H13NO2. The van der Waals surface area contributed by atoms with Crippen LogP contribution < -0.4 is 5.73 Å². The lowest BCUT2D eigenvalue weighted by Crippen LogP contribution is -2.44. The maximum absolute atomic E-state index is 10.9. The van der Waals surface area contributed by atoms with Gasteiger partial charge in [0.05, 0.1) is 0 Å². The largest absolute Gasteiger partial charge is 0.444 e. The maximum atomic E-state index is 10.9. The minimum atomic E-state index is -0.824. The molecule has 2 N–H and O–H groups in total. The van der Waals surface area contributed by atoms with E-state index >= 15 is 0 Å². The SMILES string of the molecule is CC(=O)OC1(N)Cc2ccccc2C1. The van der Waals surface area contributed by atoms with Crippen molar-refractivity contribution >= 4 is 5.97 Å². The zero-order chi connectivity index (χ0) is 10.2. The van der Waals surface area contributed by atoms with Gasteiger partial charge in [-0.3, -0.25) is 10.5 Å². The molecule has 0 saturated heterocycles. The second-order valence-electron chi connectivity index (χ2n) is 3.78. The van der Waals surface area contributed by atoms with Gasteiger partial charge in [-0.05, 0) is 11.1 Å². The fourth-order valence-corrected chi connectivity index (χ4v) is 1.97. The van der Waals surface area contributed by atoms with Crippen LogP contribution >= 0.6 is 0 Å². The van der Waals surface area contributed by atoms with E-state index in [1.165, 1.54) is 18.1 Å². The first kappa shape index (κ1) is 9.21. The highest BCUT2D eigenvalue weighted by molar-refractivity contribution is 5.66. The van der Waals surface area contributed by atoms with Crippen molar-refractivity contribution in [3.05, 3.63) is 35.4 Å². The number of carbonyl (C=O) groups excluding carboxylic acids is 1. The molecule has 0 saturated carbocycles. The number of hydrogen-bond donors (Lipinski definition) is 1. The maximum Gasteiger partial charge on any atom is 0.304 e. The molecule has 1 aromatic carbocycles. The summed E-state index contributed by atoms with van der Waals surface area (Å²) in [6.45, 7) is 1.39. The lowest BCUT2D eigenvalue weighted by atomic mass is 10.1. The van der Waals surface area contributed by atoms with Crippen LogP contribution in [0.4, 0.5) is 0 Å². The summed E-state index contributed by atoms with van der Waals surface area (Å²) in [7, 11) is 0. The van der Waals surface area contributed by atoms with Gasteiger partial charge in [-0.25, -0.2) is 0 Å². The van der Waals surface area contributed by atoms with Crippen molar-refractivity contribution in [2.75, 3.05) is 0 Å². The van der Waals surface area contributed by atoms with Crippen LogP contribution in [-0.4, -0.2) is 11.7 Å². The Bertz CT molecular complexity index is 348. The van der Waals surface area contributed by atoms with Crippen molar-refractivity contribution in [1.82, 2.24) is 0 Å². The fourth-order valence-electron chi connectivity index (χ4n) is 1.97. The molecule has 0 unspecified atom stereocenters. The molecule has 0 amide bonds. The summed E-state index contributed by atoms with van der Waals surface area (Å²) in [5.41, 5.74) is 7.50. The van der Waals surface area contributed by atoms with E-state index in [4.69, 9.17) is 10.5 Å². The van der Waals surface area contributed by atoms with Crippen molar-refractivity contribution in [3.63, 3.8) is 0 Å². The van der Waals surface area contributed by atoms with E-state index in [0.717, 1.165) is 0 Å². The van der Waals surface area contributed by atoms with Gasteiger partial charge < -0.3 is 4.74 Å². The van der Waals surface area contributed by atoms with Gasteiger partial charge in [-0.15, -0.1) is 0 Å². The first-order valence-corrected chi connectivity index (χ1v) is 4.64. The van der Waals surface area contributed by atoms with Crippen LogP contribution in [0, 0.1) is 0 Å². The van der Waals surface area contributed by atoms with Crippen LogP contribution in [0.2, 0.25) is 0 Å². The number of carbonyl (C=O) groups is 1. The minimum Gasteiger partial charge on any atom is -0.444 e. The van der Waals surface area contributed by atoms with Gasteiger partial charge in [-0.2, -0.15) is 0 Å². The molecule has 0 bridgehead atoms. The van der Waals surface area contributed by atoms with Crippen molar-refractivity contribution in [2.45, 2.75) is 25.5 Å². The van der Waals surface area contributed by atoms with Gasteiger partial charge in [0, 0.05) is 19.8 Å². The topological polar surface area (TPSA) is 52.3 Å². The summed E-state index contributed by atoms with van der Waals surface area (Å²) < 4.78 is 5.12. The number of hydrogen-bond acceptors (Lipinski definition) is 3. The highest BCUT2D eigenvalue weighted by Gasteiger charge is 2.36. The summed E-state index contributed by atoms with van der Waals surface area (Å²) in [6.07, 6.45) is 1.23. The summed E-state index contributed by atoms with van der Waals surface area (Å²) in [5.74, 6) is -0.319. The van der Waals surface area contributed by atoms with Gasteiger partial charge in [0.2, 0.25) is 0 Å². The van der Waals surface area contributed by atoms with E-state index in [9.17, 15) is 4.79 Å². The molecule has 0 aromatic heterocycles. The monoisotopic (exact) mass is 191 g/mol. The molecule has 0 spiro atoms. The van der Waals surface area contributed by atoms with Gasteiger partial charge in [0.15, 0.2) is 5.72 Å². The smallest absolute Gasteiger partial charge is 0.304 e. The molecule has 0 fully saturated rings. The lowest BCUT2D eigenvalue weighted by Gasteiger charge is -2.22. The Hall–Kier alpha value is -1.35. The highest BCUT2D eigenvalue weighted by Crippen LogP contribution is 2.28. The van der Waals surface area contributed by atoms with Crippen LogP contribution in [0.3, 0.4) is 0 Å². The normalized spacial score (nSPS) is 17.6. The van der Waals surface area contributed by atoms with Crippen LogP contribution in [0.15, 0.2) is 24.3 Å². The molecule has 2 rings (SSSR count). The quantitative estimate of drug-likeness (QED) is 0.532. The van der Waals surface area contributed by atoms with E-state index in [2.05, 4.69) is 0 Å². The first-order valence-electron chi connectivity index (χ1n) is 4.64. The van der Waals surface area contributed by atoms with Crippen LogP contribution in [0.5, 0.6) is 0 Å². The molecule has 0 aliphatic heterocycles. The third-order valence-electron chi connectivity index (χ3n) is 2.44. The Balaban J connectivity index is 2.21. The van der Waals surface area contributed by atoms with Crippen molar-refractivity contribution < 1.29 is 9.53 Å². The fraction of sp³-hybridized carbons (Fsp3) is 0.364. The molecule has 1 aliphatic rings. The Morgan fingerprint density at radius 3 is 2.29 bits per heavy atom. The van der Waals surface area contributed by atoms with Crippen molar-refractivity contribution in [3.8, 4) is 0 Å². The second-order valence-corrected chi connectivity index (χ2v) is 3.78. The number of esters is 1. The molecule has 14 heavy (non-hydrogen) atoms. The third-order valence-corrected chi connectivity index (χ3v) is 2.44. The molecule has 1 aromatic rings. The highest BCUT2D eigenvalue weighted by atomic mass is 16.6. The van der Waals surface area contributed by atoms with Gasteiger partial charge in [0.1, 0.15) is 0 Å². The molecule has 3 nitrogen and oxygen atoms in total. The minimum absolute atomic E-state index is 0.319. The Morgan fingerprint density at radius 1 is 1.36 bits per heavy atom. The molecule has 0 atom stereocenters. The Kier molecular flexibility index (Phi) is 2.04. The van der Waals surface area contributed by atoms with E-state index in [1.54, 1.807) is 0 Å². The second kappa shape index (κ2) is 3.10. The Morgan fingerprint density at radius 2 is 1.86 bits per heavy atom. The van der Waals surface area contributed by atoms with Crippen LogP contribution in [0.25, 0.3) is 0 Å². The zero-order valence-electron chi connectivity index (χ0n) is 8.12. The predicted molar refractivity (Wildman–Crippen MR) is 52.5 cm³/mol. The summed E-state index contributed by atoms with van der Waals surface area (Å²) in [4.78, 5) is 10.9. The molecule has 3 heteroatoms. The average molecular weight is 191 g/mol. The van der Waals surface area contributed by atoms with E-state index in [-0.39, 0.29) is 5.97 Å². The molecule has 0 heterocycles. The third kappa shape index (κ3) is 1.63. The standard InChI is InChI=1S/C11H13NO2/c1-8(13)14-11(12)6-9-4-2-3-5-10(9)7-11/h2-5H,6-7,12H2,1H3. The average Bonchev–Trinajstić information content (AvgIpc) is 2.38. The zero-order valence-corrected chi connectivity index (χ0v) is 8.12. The van der Waals surface area contributed by atoms with E-state index in [0.29, 0.717) is 12.8 Å².